The zero-order valence-corrected chi connectivity index (χ0v) is 15.3. The van der Waals surface area contributed by atoms with Crippen LogP contribution in [0.15, 0.2) is 24.3 Å². The van der Waals surface area contributed by atoms with Crippen molar-refractivity contribution in [2.75, 3.05) is 6.61 Å². The Morgan fingerprint density at radius 1 is 1.28 bits per heavy atom. The Kier molecular flexibility index (Phi) is 6.07. The predicted molar refractivity (Wildman–Crippen MR) is 96.9 cm³/mol. The molecule has 2 rings (SSSR count). The molecule has 0 spiro atoms. The van der Waals surface area contributed by atoms with Gasteiger partial charge in [-0.05, 0) is 45.4 Å². The van der Waals surface area contributed by atoms with Gasteiger partial charge in [-0.1, -0.05) is 13.3 Å². The van der Waals surface area contributed by atoms with Crippen LogP contribution in [-0.2, 0) is 11.3 Å². The fourth-order valence-electron chi connectivity index (χ4n) is 2.25. The molecule has 25 heavy (non-hydrogen) atoms. The van der Waals surface area contributed by atoms with Crippen molar-refractivity contribution in [3.63, 3.8) is 0 Å². The van der Waals surface area contributed by atoms with Gasteiger partial charge in [0.25, 0.3) is 0 Å². The summed E-state index contributed by atoms with van der Waals surface area (Å²) in [5, 5.41) is 13.2. The van der Waals surface area contributed by atoms with E-state index < -0.39 is 11.7 Å². The molecule has 0 aliphatic rings. The van der Waals surface area contributed by atoms with Gasteiger partial charge in [0, 0.05) is 11.5 Å². The number of benzene rings is 1. The Morgan fingerprint density at radius 3 is 2.72 bits per heavy atom. The van der Waals surface area contributed by atoms with Gasteiger partial charge in [-0.15, -0.1) is 0 Å². The third kappa shape index (κ3) is 5.81. The summed E-state index contributed by atoms with van der Waals surface area (Å²) in [6, 6.07) is 6.73. The molecule has 136 valence electrons. The van der Waals surface area contributed by atoms with Crippen molar-refractivity contribution in [1.82, 2.24) is 10.3 Å². The number of hydrogen-bond acceptors (Lipinski definition) is 5. The van der Waals surface area contributed by atoms with E-state index in [4.69, 9.17) is 9.47 Å². The van der Waals surface area contributed by atoms with E-state index in [1.165, 1.54) is 0 Å². The first-order valence-corrected chi connectivity index (χ1v) is 8.51. The molecule has 0 unspecified atom stereocenters. The summed E-state index contributed by atoms with van der Waals surface area (Å²) < 4.78 is 11.1. The van der Waals surface area contributed by atoms with Crippen LogP contribution in [0.5, 0.6) is 11.5 Å². The van der Waals surface area contributed by atoms with E-state index in [1.807, 2.05) is 20.8 Å². The summed E-state index contributed by atoms with van der Waals surface area (Å²) in [6.07, 6.45) is 1.48. The summed E-state index contributed by atoms with van der Waals surface area (Å²) in [6.45, 7) is 8.35. The Hall–Kier alpha value is -2.50. The Morgan fingerprint density at radius 2 is 2.04 bits per heavy atom. The molecule has 0 aliphatic heterocycles. The predicted octanol–water partition coefficient (Wildman–Crippen LogP) is 4.14. The third-order valence-corrected chi connectivity index (χ3v) is 3.38. The average Bonchev–Trinajstić information content (AvgIpc) is 2.52. The van der Waals surface area contributed by atoms with Crippen LogP contribution in [-0.4, -0.2) is 28.4 Å². The molecule has 1 aromatic carbocycles. The molecule has 6 nitrogen and oxygen atoms in total. The molecule has 6 heteroatoms. The molecule has 1 heterocycles. The number of amides is 1. The summed E-state index contributed by atoms with van der Waals surface area (Å²) in [5.41, 5.74) is 0.815. The minimum absolute atomic E-state index is 0.161. The topological polar surface area (TPSA) is 80.7 Å². The minimum Gasteiger partial charge on any atom is -0.508 e. The van der Waals surface area contributed by atoms with Crippen LogP contribution in [0.2, 0.25) is 0 Å². The van der Waals surface area contributed by atoms with Gasteiger partial charge >= 0.3 is 6.09 Å². The number of alkyl carbamates (subject to hydrolysis) is 1. The van der Waals surface area contributed by atoms with Crippen LogP contribution in [0.4, 0.5) is 4.79 Å². The molecule has 0 fully saturated rings. The van der Waals surface area contributed by atoms with Gasteiger partial charge < -0.3 is 19.9 Å². The summed E-state index contributed by atoms with van der Waals surface area (Å²) in [5.74, 6) is 0.810. The second-order valence-corrected chi connectivity index (χ2v) is 6.87. The number of ether oxygens (including phenoxy) is 2. The number of nitrogens with zero attached hydrogens (tertiary/aromatic N) is 1. The number of phenolic OH excluding ortho intramolecular Hbond substituents is 1. The van der Waals surface area contributed by atoms with E-state index in [0.717, 1.165) is 18.2 Å². The number of phenols is 1. The number of carbonyl (C=O) groups is 1. The summed E-state index contributed by atoms with van der Waals surface area (Å²) >= 11 is 0. The van der Waals surface area contributed by atoms with E-state index in [0.29, 0.717) is 23.6 Å². The normalized spacial score (nSPS) is 11.4. The smallest absolute Gasteiger partial charge is 0.407 e. The third-order valence-electron chi connectivity index (χ3n) is 3.38. The number of aromatic hydroxyl groups is 1. The lowest BCUT2D eigenvalue weighted by atomic mass is 10.1. The summed E-state index contributed by atoms with van der Waals surface area (Å²) in [7, 11) is 0. The zero-order valence-electron chi connectivity index (χ0n) is 15.3. The zero-order chi connectivity index (χ0) is 18.4. The van der Waals surface area contributed by atoms with Crippen LogP contribution in [0.3, 0.4) is 0 Å². The van der Waals surface area contributed by atoms with Gasteiger partial charge in [-0.3, -0.25) is 4.98 Å². The van der Waals surface area contributed by atoms with Crippen molar-refractivity contribution in [3.8, 4) is 11.5 Å². The Bertz CT molecular complexity index is 738. The number of nitrogens with one attached hydrogen (secondary N) is 1. The molecule has 0 radical (unpaired) electrons. The number of unbranched alkanes of at least 4 members (excludes halogenated alkanes) is 1. The molecule has 0 aliphatic carbocycles. The fraction of sp³-hybridized carbons (Fsp3) is 0.474. The highest BCUT2D eigenvalue weighted by Crippen LogP contribution is 2.29. The molecular weight excluding hydrogens is 320 g/mol. The van der Waals surface area contributed by atoms with E-state index in [-0.39, 0.29) is 12.3 Å². The van der Waals surface area contributed by atoms with Gasteiger partial charge in [0.15, 0.2) is 0 Å². The van der Waals surface area contributed by atoms with Crippen molar-refractivity contribution < 1.29 is 19.4 Å². The first-order valence-electron chi connectivity index (χ1n) is 8.51. The van der Waals surface area contributed by atoms with Crippen molar-refractivity contribution in [2.45, 2.75) is 52.7 Å². The van der Waals surface area contributed by atoms with Crippen molar-refractivity contribution >= 4 is 17.0 Å². The largest absolute Gasteiger partial charge is 0.508 e. The lowest BCUT2D eigenvalue weighted by Gasteiger charge is -2.19. The first kappa shape index (κ1) is 18.8. The number of fused-ring (bicyclic) bond motifs is 1. The van der Waals surface area contributed by atoms with E-state index in [1.54, 1.807) is 24.3 Å². The van der Waals surface area contributed by atoms with Crippen molar-refractivity contribution in [3.05, 3.63) is 30.0 Å². The molecule has 0 saturated heterocycles. The maximum Gasteiger partial charge on any atom is 0.407 e. The van der Waals surface area contributed by atoms with Crippen LogP contribution < -0.4 is 10.1 Å². The fourth-order valence-corrected chi connectivity index (χ4v) is 2.25. The van der Waals surface area contributed by atoms with Gasteiger partial charge in [0.1, 0.15) is 17.1 Å². The standard InChI is InChI=1S/C19H26N2O4/c1-5-6-9-24-17-10-13(12-20-18(23)25-19(2,3)4)21-16-8-7-14(22)11-15(16)17/h7-8,10-11,22H,5-6,9,12H2,1-4H3,(H,20,23). The number of aromatic nitrogens is 1. The van der Waals surface area contributed by atoms with Crippen LogP contribution >= 0.6 is 0 Å². The molecule has 1 amide bonds. The lowest BCUT2D eigenvalue weighted by molar-refractivity contribution is 0.0523. The molecule has 1 aromatic heterocycles. The average molecular weight is 346 g/mol. The number of rotatable bonds is 6. The van der Waals surface area contributed by atoms with Crippen LogP contribution in [0.1, 0.15) is 46.2 Å². The maximum absolute atomic E-state index is 11.8. The molecule has 0 saturated carbocycles. The lowest BCUT2D eigenvalue weighted by Crippen LogP contribution is -2.32. The summed E-state index contributed by atoms with van der Waals surface area (Å²) in [4.78, 5) is 16.3. The molecule has 0 atom stereocenters. The van der Waals surface area contributed by atoms with Crippen LogP contribution in [0, 0.1) is 0 Å². The highest BCUT2D eigenvalue weighted by molar-refractivity contribution is 5.86. The second-order valence-electron chi connectivity index (χ2n) is 6.87. The minimum atomic E-state index is -0.549. The second kappa shape index (κ2) is 8.05. The van der Waals surface area contributed by atoms with Gasteiger partial charge in [0.05, 0.1) is 24.4 Å². The first-order chi connectivity index (χ1) is 11.8. The molecule has 2 aromatic rings. The highest BCUT2D eigenvalue weighted by atomic mass is 16.6. The Balaban J connectivity index is 2.19. The Labute approximate surface area is 148 Å². The molecule has 0 bridgehead atoms. The van der Waals surface area contributed by atoms with E-state index in [2.05, 4.69) is 17.2 Å². The number of pyridine rings is 1. The molecule has 2 N–H and O–H groups in total. The van der Waals surface area contributed by atoms with Crippen LogP contribution in [0.25, 0.3) is 10.9 Å². The number of hydrogen-bond donors (Lipinski definition) is 2. The monoisotopic (exact) mass is 346 g/mol. The highest BCUT2D eigenvalue weighted by Gasteiger charge is 2.16. The van der Waals surface area contributed by atoms with Gasteiger partial charge in [-0.25, -0.2) is 4.79 Å². The van der Waals surface area contributed by atoms with Gasteiger partial charge in [0.2, 0.25) is 0 Å². The number of carbonyl (C=O) groups excluding carboxylic acids is 1. The maximum atomic E-state index is 11.8. The van der Waals surface area contributed by atoms with Gasteiger partial charge in [-0.2, -0.15) is 0 Å². The van der Waals surface area contributed by atoms with E-state index >= 15 is 0 Å². The molecular formula is C19H26N2O4. The van der Waals surface area contributed by atoms with E-state index in [9.17, 15) is 9.90 Å². The van der Waals surface area contributed by atoms with Crippen molar-refractivity contribution in [2.24, 2.45) is 0 Å². The quantitative estimate of drug-likeness (QED) is 0.768. The van der Waals surface area contributed by atoms with Crippen molar-refractivity contribution in [1.29, 1.82) is 0 Å². The SMILES string of the molecule is CCCCOc1cc(CNC(=O)OC(C)(C)C)nc2ccc(O)cc12.